The highest BCUT2D eigenvalue weighted by Gasteiger charge is 2.41. The zero-order chi connectivity index (χ0) is 27.9. The average Bonchev–Trinajstić information content (AvgIpc) is 3.58. The molecule has 204 valence electrons. The maximum atomic E-state index is 13.1. The van der Waals surface area contributed by atoms with E-state index < -0.39 is 15.9 Å². The third-order valence-corrected chi connectivity index (χ3v) is 8.49. The van der Waals surface area contributed by atoms with Crippen LogP contribution in [-0.4, -0.2) is 47.1 Å². The van der Waals surface area contributed by atoms with Gasteiger partial charge < -0.3 is 18.9 Å². The van der Waals surface area contributed by atoms with Crippen molar-refractivity contribution in [3.8, 4) is 11.5 Å². The lowest BCUT2D eigenvalue weighted by Crippen LogP contribution is -2.45. The van der Waals surface area contributed by atoms with Crippen LogP contribution in [0, 0.1) is 15.5 Å². The van der Waals surface area contributed by atoms with E-state index in [0.717, 1.165) is 23.9 Å². The molecule has 8 nitrogen and oxygen atoms in total. The summed E-state index contributed by atoms with van der Waals surface area (Å²) >= 11 is 0. The van der Waals surface area contributed by atoms with Crippen molar-refractivity contribution in [1.29, 1.82) is 0 Å². The average molecular weight is 530 g/mol. The normalized spacial score (nSPS) is 14.2. The molecule has 1 aliphatic rings. The number of carbonyl (C=O) groups excluding carboxylic acids is 1. The van der Waals surface area contributed by atoms with Gasteiger partial charge in [0.2, 0.25) is 0 Å². The molecule has 1 amide bonds. The van der Waals surface area contributed by atoms with E-state index in [9.17, 15) is 14.9 Å². The molecule has 0 aliphatic carbocycles. The molecule has 3 aromatic carbocycles. The second-order valence-corrected chi connectivity index (χ2v) is 11.4. The maximum Gasteiger partial charge on any atom is 0.286 e. The van der Waals surface area contributed by atoms with Crippen molar-refractivity contribution in [2.45, 2.75) is 46.1 Å². The fraction of sp³-hybridized carbons (Fsp3) is 0.387. The van der Waals surface area contributed by atoms with Gasteiger partial charge in [-0.1, -0.05) is 50.2 Å². The molecule has 4 aromatic rings. The van der Waals surface area contributed by atoms with Crippen molar-refractivity contribution in [1.82, 2.24) is 9.47 Å². The number of likely N-dealkylation sites (tertiary alicyclic amines) is 1. The van der Waals surface area contributed by atoms with Crippen molar-refractivity contribution in [3.63, 3.8) is 0 Å². The molecule has 39 heavy (non-hydrogen) atoms. The van der Waals surface area contributed by atoms with Gasteiger partial charge in [-0.15, -0.1) is 0 Å². The highest BCUT2D eigenvalue weighted by Crippen LogP contribution is 2.44. The van der Waals surface area contributed by atoms with Gasteiger partial charge in [-0.2, -0.15) is 0 Å². The monoisotopic (exact) mass is 529 g/mol. The lowest BCUT2D eigenvalue weighted by Gasteiger charge is -2.43. The Morgan fingerprint density at radius 1 is 0.923 bits per heavy atom. The molecule has 0 atom stereocenters. The van der Waals surface area contributed by atoms with E-state index in [-0.39, 0.29) is 29.5 Å². The zero-order valence-corrected chi connectivity index (χ0v) is 23.2. The Balaban J connectivity index is 1.50. The number of nitrogens with zero attached hydrogens (tertiary/aromatic N) is 3. The summed E-state index contributed by atoms with van der Waals surface area (Å²) in [5, 5.41) is 14.4. The summed E-state index contributed by atoms with van der Waals surface area (Å²) in [6.45, 7) is 10.1. The standard InChI is InChI=1S/C31H35N3O5/c1-30(2,31(3,4)33-24-14-8-6-12-21(24)22-13-7-9-15-25(22)33)20-39-28-19-26(34(36)37)23(18-27(28)38-5)29(35)32-16-10-11-17-32/h6-9,12-15,18-19H,10-11,16-17,20H2,1-5H3. The number of benzene rings is 3. The molecule has 0 N–H and O–H groups in total. The predicted molar refractivity (Wildman–Crippen MR) is 153 cm³/mol. The molecular formula is C31H35N3O5. The molecule has 0 radical (unpaired) electrons. The van der Waals surface area contributed by atoms with Crippen LogP contribution in [0.3, 0.4) is 0 Å². The number of methoxy groups -OCH3 is 1. The predicted octanol–water partition coefficient (Wildman–Crippen LogP) is 6.79. The molecule has 2 heterocycles. The maximum absolute atomic E-state index is 13.1. The van der Waals surface area contributed by atoms with Gasteiger partial charge in [0, 0.05) is 51.9 Å². The first kappa shape index (κ1) is 26.5. The molecule has 1 aromatic heterocycles. The molecule has 1 aliphatic heterocycles. The van der Waals surface area contributed by atoms with Crippen LogP contribution in [0.2, 0.25) is 0 Å². The van der Waals surface area contributed by atoms with Gasteiger partial charge in [0.25, 0.3) is 11.6 Å². The summed E-state index contributed by atoms with van der Waals surface area (Å²) in [4.78, 5) is 26.2. The van der Waals surface area contributed by atoms with Crippen LogP contribution >= 0.6 is 0 Å². The Bertz CT molecular complexity index is 1510. The van der Waals surface area contributed by atoms with E-state index >= 15 is 0 Å². The van der Waals surface area contributed by atoms with Gasteiger partial charge >= 0.3 is 0 Å². The molecule has 5 rings (SSSR count). The van der Waals surface area contributed by atoms with Crippen LogP contribution in [0.1, 0.15) is 50.9 Å². The number of amides is 1. The lowest BCUT2D eigenvalue weighted by molar-refractivity contribution is -0.385. The molecule has 0 spiro atoms. The molecule has 1 saturated heterocycles. The summed E-state index contributed by atoms with van der Waals surface area (Å²) in [5.41, 5.74) is 1.17. The molecule has 0 bridgehead atoms. The first-order valence-corrected chi connectivity index (χ1v) is 13.3. The summed E-state index contributed by atoms with van der Waals surface area (Å²) in [7, 11) is 1.48. The SMILES string of the molecule is COc1cc(C(=O)N2CCCC2)c([N+](=O)[O-])cc1OCC(C)(C)C(C)(C)n1c2ccccc2c2ccccc21. The minimum Gasteiger partial charge on any atom is -0.493 e. The van der Waals surface area contributed by atoms with Crippen molar-refractivity contribution >= 4 is 33.4 Å². The fourth-order valence-corrected chi connectivity index (χ4v) is 5.50. The Kier molecular flexibility index (Phi) is 6.74. The van der Waals surface area contributed by atoms with Crippen LogP contribution in [-0.2, 0) is 5.54 Å². The van der Waals surface area contributed by atoms with Gasteiger partial charge in [0.1, 0.15) is 5.56 Å². The van der Waals surface area contributed by atoms with Gasteiger partial charge in [-0.05, 0) is 38.8 Å². The number of para-hydroxylation sites is 2. The summed E-state index contributed by atoms with van der Waals surface area (Å²) < 4.78 is 14.2. The van der Waals surface area contributed by atoms with E-state index in [1.54, 1.807) is 4.90 Å². The minimum absolute atomic E-state index is 0.0240. The molecule has 0 saturated carbocycles. The smallest absolute Gasteiger partial charge is 0.286 e. The quantitative estimate of drug-likeness (QED) is 0.185. The number of fused-ring (bicyclic) bond motifs is 3. The Labute approximate surface area is 228 Å². The van der Waals surface area contributed by atoms with Gasteiger partial charge in [-0.25, -0.2) is 0 Å². The third-order valence-electron chi connectivity index (χ3n) is 8.49. The largest absolute Gasteiger partial charge is 0.493 e. The Morgan fingerprint density at radius 2 is 1.49 bits per heavy atom. The van der Waals surface area contributed by atoms with Crippen molar-refractivity contribution in [2.75, 3.05) is 26.8 Å². The summed E-state index contributed by atoms with van der Waals surface area (Å²) in [5.74, 6) is 0.193. The number of hydrogen-bond donors (Lipinski definition) is 0. The van der Waals surface area contributed by atoms with Crippen molar-refractivity contribution < 1.29 is 19.2 Å². The first-order chi connectivity index (χ1) is 18.6. The van der Waals surface area contributed by atoms with Crippen molar-refractivity contribution in [2.24, 2.45) is 5.41 Å². The fourth-order valence-electron chi connectivity index (χ4n) is 5.50. The number of ether oxygens (including phenoxy) is 2. The van der Waals surface area contributed by atoms with E-state index in [4.69, 9.17) is 9.47 Å². The second-order valence-electron chi connectivity index (χ2n) is 11.4. The van der Waals surface area contributed by atoms with Crippen LogP contribution in [0.5, 0.6) is 11.5 Å². The van der Waals surface area contributed by atoms with Gasteiger partial charge in [0.05, 0.1) is 24.7 Å². The molecular weight excluding hydrogens is 494 g/mol. The summed E-state index contributed by atoms with van der Waals surface area (Å²) in [6, 6.07) is 19.5. The number of carbonyl (C=O) groups is 1. The van der Waals surface area contributed by atoms with Crippen LogP contribution in [0.15, 0.2) is 60.7 Å². The number of aromatic nitrogens is 1. The molecule has 1 fully saturated rings. The van der Waals surface area contributed by atoms with Gasteiger partial charge in [-0.3, -0.25) is 14.9 Å². The Hall–Kier alpha value is -4.07. The number of nitro benzene ring substituents is 1. The first-order valence-electron chi connectivity index (χ1n) is 13.3. The lowest BCUT2D eigenvalue weighted by atomic mass is 9.74. The van der Waals surface area contributed by atoms with E-state index in [0.29, 0.717) is 18.8 Å². The van der Waals surface area contributed by atoms with E-state index in [1.165, 1.54) is 30.0 Å². The Morgan fingerprint density at radius 3 is 2.03 bits per heavy atom. The van der Waals surface area contributed by atoms with E-state index in [2.05, 4.69) is 68.7 Å². The van der Waals surface area contributed by atoms with Crippen LogP contribution in [0.25, 0.3) is 21.8 Å². The van der Waals surface area contributed by atoms with E-state index in [1.807, 2.05) is 12.1 Å². The number of rotatable bonds is 8. The number of nitro groups is 1. The molecule has 0 unspecified atom stereocenters. The van der Waals surface area contributed by atoms with Crippen LogP contribution in [0.4, 0.5) is 5.69 Å². The topological polar surface area (TPSA) is 86.8 Å². The molecule has 8 heteroatoms. The van der Waals surface area contributed by atoms with Gasteiger partial charge in [0.15, 0.2) is 11.5 Å². The zero-order valence-electron chi connectivity index (χ0n) is 23.2. The second kappa shape index (κ2) is 9.91. The minimum atomic E-state index is -0.525. The van der Waals surface area contributed by atoms with Crippen LogP contribution < -0.4 is 9.47 Å². The highest BCUT2D eigenvalue weighted by atomic mass is 16.6. The van der Waals surface area contributed by atoms with Crippen molar-refractivity contribution in [3.05, 3.63) is 76.3 Å². The number of hydrogen-bond acceptors (Lipinski definition) is 5. The highest BCUT2D eigenvalue weighted by molar-refractivity contribution is 6.08. The third kappa shape index (κ3) is 4.47. The summed E-state index contributed by atoms with van der Waals surface area (Å²) in [6.07, 6.45) is 1.80.